The molecule has 4 N–H and O–H groups in total. The molecule has 5 nitrogen and oxygen atoms in total. The second-order valence-electron chi connectivity index (χ2n) is 6.64. The van der Waals surface area contributed by atoms with Gasteiger partial charge in [0.2, 0.25) is 11.8 Å². The van der Waals surface area contributed by atoms with Gasteiger partial charge in [-0.25, -0.2) is 0 Å². The van der Waals surface area contributed by atoms with E-state index in [4.69, 9.17) is 5.73 Å². The SMILES string of the molecule is CC1CCC(CN)(C(=O)NC(C)C(=O)NC2CC2)CC1. The summed E-state index contributed by atoms with van der Waals surface area (Å²) in [5, 5.41) is 5.77. The van der Waals surface area contributed by atoms with Crippen LogP contribution >= 0.6 is 0 Å². The van der Waals surface area contributed by atoms with E-state index in [-0.39, 0.29) is 11.8 Å². The largest absolute Gasteiger partial charge is 0.352 e. The third kappa shape index (κ3) is 3.51. The Kier molecular flexibility index (Phi) is 4.68. The average Bonchev–Trinajstić information content (AvgIpc) is 3.23. The van der Waals surface area contributed by atoms with Crippen LogP contribution < -0.4 is 16.4 Å². The number of carbonyl (C=O) groups is 2. The van der Waals surface area contributed by atoms with Crippen LogP contribution in [0.3, 0.4) is 0 Å². The fourth-order valence-corrected chi connectivity index (χ4v) is 2.81. The van der Waals surface area contributed by atoms with Gasteiger partial charge in [0.15, 0.2) is 0 Å². The van der Waals surface area contributed by atoms with Crippen LogP contribution in [0.5, 0.6) is 0 Å². The van der Waals surface area contributed by atoms with Crippen LogP contribution in [0.15, 0.2) is 0 Å². The molecule has 0 spiro atoms. The minimum absolute atomic E-state index is 0.0506. The maximum absolute atomic E-state index is 12.5. The molecule has 114 valence electrons. The number of carbonyl (C=O) groups excluding carboxylic acids is 2. The topological polar surface area (TPSA) is 84.2 Å². The van der Waals surface area contributed by atoms with E-state index in [0.29, 0.717) is 18.5 Å². The first-order valence-electron chi connectivity index (χ1n) is 7.78. The van der Waals surface area contributed by atoms with E-state index in [0.717, 1.165) is 38.5 Å². The number of hydrogen-bond acceptors (Lipinski definition) is 3. The van der Waals surface area contributed by atoms with E-state index in [2.05, 4.69) is 17.6 Å². The van der Waals surface area contributed by atoms with Crippen molar-refractivity contribution in [1.82, 2.24) is 10.6 Å². The Hall–Kier alpha value is -1.10. The Balaban J connectivity index is 1.89. The molecule has 2 aliphatic carbocycles. The van der Waals surface area contributed by atoms with Gasteiger partial charge in [0.1, 0.15) is 6.04 Å². The zero-order chi connectivity index (χ0) is 14.8. The van der Waals surface area contributed by atoms with Crippen molar-refractivity contribution in [3.05, 3.63) is 0 Å². The van der Waals surface area contributed by atoms with E-state index >= 15 is 0 Å². The molecule has 5 heteroatoms. The van der Waals surface area contributed by atoms with Crippen molar-refractivity contribution >= 4 is 11.8 Å². The molecular formula is C15H27N3O2. The van der Waals surface area contributed by atoms with Crippen molar-refractivity contribution in [2.24, 2.45) is 17.1 Å². The van der Waals surface area contributed by atoms with Gasteiger partial charge in [0, 0.05) is 12.6 Å². The predicted molar refractivity (Wildman–Crippen MR) is 77.9 cm³/mol. The molecule has 1 unspecified atom stereocenters. The first-order chi connectivity index (χ1) is 9.47. The second-order valence-corrected chi connectivity index (χ2v) is 6.64. The van der Waals surface area contributed by atoms with Gasteiger partial charge in [0.25, 0.3) is 0 Å². The van der Waals surface area contributed by atoms with Crippen molar-refractivity contribution in [1.29, 1.82) is 0 Å². The summed E-state index contributed by atoms with van der Waals surface area (Å²) in [5.41, 5.74) is 5.39. The third-order valence-corrected chi connectivity index (χ3v) is 4.77. The Morgan fingerprint density at radius 2 is 1.85 bits per heavy atom. The highest BCUT2D eigenvalue weighted by molar-refractivity contribution is 5.90. The molecule has 0 aromatic carbocycles. The van der Waals surface area contributed by atoms with Gasteiger partial charge in [-0.1, -0.05) is 6.92 Å². The van der Waals surface area contributed by atoms with E-state index in [1.165, 1.54) is 0 Å². The lowest BCUT2D eigenvalue weighted by Gasteiger charge is -2.37. The van der Waals surface area contributed by atoms with Crippen LogP contribution in [0, 0.1) is 11.3 Å². The summed E-state index contributed by atoms with van der Waals surface area (Å²) >= 11 is 0. The van der Waals surface area contributed by atoms with Gasteiger partial charge in [0.05, 0.1) is 5.41 Å². The third-order valence-electron chi connectivity index (χ3n) is 4.77. The maximum Gasteiger partial charge on any atom is 0.242 e. The second kappa shape index (κ2) is 6.12. The Morgan fingerprint density at radius 1 is 1.25 bits per heavy atom. The Morgan fingerprint density at radius 3 is 2.35 bits per heavy atom. The fraction of sp³-hybridized carbons (Fsp3) is 0.867. The molecule has 0 saturated heterocycles. The van der Waals surface area contributed by atoms with Crippen molar-refractivity contribution in [3.63, 3.8) is 0 Å². The average molecular weight is 281 g/mol. The van der Waals surface area contributed by atoms with Crippen molar-refractivity contribution in [3.8, 4) is 0 Å². The molecule has 2 fully saturated rings. The number of amides is 2. The zero-order valence-electron chi connectivity index (χ0n) is 12.6. The minimum Gasteiger partial charge on any atom is -0.352 e. The first-order valence-corrected chi connectivity index (χ1v) is 7.78. The lowest BCUT2D eigenvalue weighted by Crippen LogP contribution is -2.53. The van der Waals surface area contributed by atoms with Crippen LogP contribution in [0.1, 0.15) is 52.4 Å². The Bertz CT molecular complexity index is 371. The molecule has 0 radical (unpaired) electrons. The Labute approximate surface area is 121 Å². The van der Waals surface area contributed by atoms with Gasteiger partial charge in [-0.3, -0.25) is 9.59 Å². The molecular weight excluding hydrogens is 254 g/mol. The maximum atomic E-state index is 12.5. The minimum atomic E-state index is -0.481. The molecule has 20 heavy (non-hydrogen) atoms. The van der Waals surface area contributed by atoms with Crippen LogP contribution in [-0.4, -0.2) is 30.4 Å². The summed E-state index contributed by atoms with van der Waals surface area (Å²) in [6.07, 6.45) is 5.83. The summed E-state index contributed by atoms with van der Waals surface area (Å²) in [4.78, 5) is 24.4. The van der Waals surface area contributed by atoms with Crippen LogP contribution in [0.4, 0.5) is 0 Å². The number of nitrogens with two attached hydrogens (primary N) is 1. The smallest absolute Gasteiger partial charge is 0.242 e. The van der Waals surface area contributed by atoms with E-state index in [1.807, 2.05) is 0 Å². The molecule has 0 aliphatic heterocycles. The van der Waals surface area contributed by atoms with Crippen LogP contribution in [0.25, 0.3) is 0 Å². The highest BCUT2D eigenvalue weighted by Gasteiger charge is 2.40. The van der Waals surface area contributed by atoms with E-state index in [9.17, 15) is 9.59 Å². The van der Waals surface area contributed by atoms with E-state index in [1.54, 1.807) is 6.92 Å². The summed E-state index contributed by atoms with van der Waals surface area (Å²) in [7, 11) is 0. The van der Waals surface area contributed by atoms with Crippen molar-refractivity contribution < 1.29 is 9.59 Å². The lowest BCUT2D eigenvalue weighted by atomic mass is 9.70. The highest BCUT2D eigenvalue weighted by Crippen LogP contribution is 2.38. The number of hydrogen-bond donors (Lipinski definition) is 3. The molecule has 2 aliphatic rings. The van der Waals surface area contributed by atoms with Crippen molar-refractivity contribution in [2.75, 3.05) is 6.54 Å². The highest BCUT2D eigenvalue weighted by atomic mass is 16.2. The standard InChI is InChI=1S/C15H27N3O2/c1-10-5-7-15(9-16,8-6-10)14(20)17-11(2)13(19)18-12-3-4-12/h10-12H,3-9,16H2,1-2H3,(H,17,20)(H,18,19). The quantitative estimate of drug-likeness (QED) is 0.701. The molecule has 2 saturated carbocycles. The van der Waals surface area contributed by atoms with Gasteiger partial charge < -0.3 is 16.4 Å². The lowest BCUT2D eigenvalue weighted by molar-refractivity contribution is -0.136. The monoisotopic (exact) mass is 281 g/mol. The van der Waals surface area contributed by atoms with Gasteiger partial charge >= 0.3 is 0 Å². The fourth-order valence-electron chi connectivity index (χ4n) is 2.81. The van der Waals surface area contributed by atoms with Crippen LogP contribution in [-0.2, 0) is 9.59 Å². The zero-order valence-corrected chi connectivity index (χ0v) is 12.6. The molecule has 1 atom stereocenters. The summed E-state index contributed by atoms with van der Waals surface area (Å²) in [5.74, 6) is 0.528. The molecule has 2 rings (SSSR count). The normalized spacial score (nSPS) is 31.4. The summed E-state index contributed by atoms with van der Waals surface area (Å²) in [6, 6.07) is -0.160. The molecule has 0 aromatic rings. The molecule has 0 heterocycles. The first kappa shape index (κ1) is 15.3. The van der Waals surface area contributed by atoms with Gasteiger partial charge in [-0.15, -0.1) is 0 Å². The van der Waals surface area contributed by atoms with Crippen LogP contribution in [0.2, 0.25) is 0 Å². The predicted octanol–water partition coefficient (Wildman–Crippen LogP) is 0.925. The summed E-state index contributed by atoms with van der Waals surface area (Å²) < 4.78 is 0. The van der Waals surface area contributed by atoms with Gasteiger partial charge in [-0.05, 0) is 51.4 Å². The van der Waals surface area contributed by atoms with Gasteiger partial charge in [-0.2, -0.15) is 0 Å². The number of nitrogens with one attached hydrogen (secondary N) is 2. The molecule has 0 aromatic heterocycles. The number of rotatable bonds is 5. The molecule has 2 amide bonds. The van der Waals surface area contributed by atoms with E-state index < -0.39 is 11.5 Å². The van der Waals surface area contributed by atoms with Crippen molar-refractivity contribution in [2.45, 2.75) is 64.5 Å². The molecule has 0 bridgehead atoms. The summed E-state index contributed by atoms with van der Waals surface area (Å²) in [6.45, 7) is 4.32.